The van der Waals surface area contributed by atoms with Crippen LogP contribution in [0.4, 0.5) is 0 Å². The van der Waals surface area contributed by atoms with Crippen molar-refractivity contribution >= 4 is 5.97 Å². The molecule has 4 heteroatoms. The maximum absolute atomic E-state index is 11.2. The Hall–Kier alpha value is -2.23. The van der Waals surface area contributed by atoms with Crippen LogP contribution in [0.25, 0.3) is 5.69 Å². The van der Waals surface area contributed by atoms with Gasteiger partial charge in [-0.1, -0.05) is 6.07 Å². The Morgan fingerprint density at radius 2 is 1.94 bits per heavy atom. The van der Waals surface area contributed by atoms with Crippen molar-refractivity contribution in [1.29, 1.82) is 0 Å². The van der Waals surface area contributed by atoms with Gasteiger partial charge in [-0.3, -0.25) is 0 Å². The second-order valence-corrected chi connectivity index (χ2v) is 3.25. The number of ether oxygens (including phenoxy) is 1. The Morgan fingerprint density at radius 1 is 1.25 bits per heavy atom. The van der Waals surface area contributed by atoms with Crippen LogP contribution in [0.5, 0.6) is 5.75 Å². The first-order valence-electron chi connectivity index (χ1n) is 4.77. The van der Waals surface area contributed by atoms with Gasteiger partial charge in [-0.25, -0.2) is 4.79 Å². The van der Waals surface area contributed by atoms with Crippen molar-refractivity contribution in [1.82, 2.24) is 4.57 Å². The molecule has 1 aromatic carbocycles. The van der Waals surface area contributed by atoms with E-state index < -0.39 is 5.97 Å². The van der Waals surface area contributed by atoms with E-state index in [9.17, 15) is 9.90 Å². The smallest absolute Gasteiger partial charge is 0.341 e. The molecule has 1 aromatic heterocycles. The molecule has 2 aromatic rings. The molecule has 0 aliphatic rings. The fourth-order valence-electron chi connectivity index (χ4n) is 1.61. The topological polar surface area (TPSA) is 51.5 Å². The van der Waals surface area contributed by atoms with Gasteiger partial charge in [0.15, 0.2) is 0 Å². The third-order valence-electron chi connectivity index (χ3n) is 2.32. The zero-order valence-electron chi connectivity index (χ0n) is 8.75. The highest BCUT2D eigenvalue weighted by atomic mass is 16.5. The minimum Gasteiger partial charge on any atom is -0.496 e. The van der Waals surface area contributed by atoms with Crippen LogP contribution in [-0.4, -0.2) is 22.8 Å². The predicted molar refractivity (Wildman–Crippen MR) is 59.3 cm³/mol. The van der Waals surface area contributed by atoms with Crippen LogP contribution in [0.15, 0.2) is 42.7 Å². The van der Waals surface area contributed by atoms with Gasteiger partial charge in [0.2, 0.25) is 0 Å². The largest absolute Gasteiger partial charge is 0.496 e. The van der Waals surface area contributed by atoms with E-state index in [1.807, 2.05) is 12.1 Å². The van der Waals surface area contributed by atoms with E-state index in [1.54, 1.807) is 35.2 Å². The van der Waals surface area contributed by atoms with Crippen molar-refractivity contribution in [3.63, 3.8) is 0 Å². The lowest BCUT2D eigenvalue weighted by molar-refractivity contribution is 0.0693. The number of benzene rings is 1. The summed E-state index contributed by atoms with van der Waals surface area (Å²) in [4.78, 5) is 11.2. The van der Waals surface area contributed by atoms with E-state index in [0.717, 1.165) is 0 Å². The van der Waals surface area contributed by atoms with Crippen LogP contribution >= 0.6 is 0 Å². The summed E-state index contributed by atoms with van der Waals surface area (Å²) in [5.41, 5.74) is 0.762. The van der Waals surface area contributed by atoms with E-state index in [0.29, 0.717) is 11.4 Å². The molecule has 4 nitrogen and oxygen atoms in total. The van der Waals surface area contributed by atoms with Crippen molar-refractivity contribution in [2.75, 3.05) is 7.11 Å². The quantitative estimate of drug-likeness (QED) is 0.857. The molecule has 1 heterocycles. The fraction of sp³-hybridized carbons (Fsp3) is 0.0833. The highest BCUT2D eigenvalue weighted by molar-refractivity contribution is 5.95. The lowest BCUT2D eigenvalue weighted by atomic mass is 10.1. The minimum absolute atomic E-state index is 0.168. The first-order chi connectivity index (χ1) is 7.74. The Kier molecular flexibility index (Phi) is 2.64. The van der Waals surface area contributed by atoms with E-state index in [1.165, 1.54) is 7.11 Å². The molecule has 0 spiro atoms. The normalized spacial score (nSPS) is 10.1. The number of carboxylic acid groups (broad SMARTS) is 1. The summed E-state index contributed by atoms with van der Waals surface area (Å²) in [7, 11) is 1.46. The molecule has 0 fully saturated rings. The van der Waals surface area contributed by atoms with E-state index in [2.05, 4.69) is 0 Å². The summed E-state index contributed by atoms with van der Waals surface area (Å²) in [6.07, 6.45) is 3.59. The number of hydrogen-bond donors (Lipinski definition) is 1. The van der Waals surface area contributed by atoms with Crippen LogP contribution < -0.4 is 4.74 Å². The summed E-state index contributed by atoms with van der Waals surface area (Å²) in [5, 5.41) is 9.18. The summed E-state index contributed by atoms with van der Waals surface area (Å²) in [6.45, 7) is 0. The first-order valence-corrected chi connectivity index (χ1v) is 4.77. The summed E-state index contributed by atoms with van der Waals surface area (Å²) in [5.74, 6) is -0.639. The van der Waals surface area contributed by atoms with Crippen molar-refractivity contribution in [3.05, 3.63) is 48.3 Å². The van der Waals surface area contributed by atoms with E-state index >= 15 is 0 Å². The van der Waals surface area contributed by atoms with Gasteiger partial charge >= 0.3 is 5.97 Å². The second-order valence-electron chi connectivity index (χ2n) is 3.25. The zero-order valence-corrected chi connectivity index (χ0v) is 8.75. The maximum Gasteiger partial charge on any atom is 0.341 e. The number of carbonyl (C=O) groups is 1. The van der Waals surface area contributed by atoms with E-state index in [-0.39, 0.29) is 5.56 Å². The highest BCUT2D eigenvalue weighted by Crippen LogP contribution is 2.25. The third kappa shape index (κ3) is 1.65. The van der Waals surface area contributed by atoms with Crippen LogP contribution in [0, 0.1) is 0 Å². The summed E-state index contributed by atoms with van der Waals surface area (Å²) in [6, 6.07) is 8.82. The van der Waals surface area contributed by atoms with Gasteiger partial charge in [0.25, 0.3) is 0 Å². The number of rotatable bonds is 3. The molecule has 0 saturated heterocycles. The van der Waals surface area contributed by atoms with Crippen LogP contribution in [0.2, 0.25) is 0 Å². The predicted octanol–water partition coefficient (Wildman–Crippen LogP) is 2.18. The van der Waals surface area contributed by atoms with Gasteiger partial charge < -0.3 is 14.4 Å². The SMILES string of the molecule is COc1cccc(-n2cccc2)c1C(=O)O. The molecule has 0 bridgehead atoms. The number of hydrogen-bond acceptors (Lipinski definition) is 2. The maximum atomic E-state index is 11.2. The number of methoxy groups -OCH3 is 1. The van der Waals surface area contributed by atoms with Gasteiger partial charge in [-0.2, -0.15) is 0 Å². The first kappa shape index (κ1) is 10.3. The molecule has 0 atom stereocenters. The Morgan fingerprint density at radius 3 is 2.50 bits per heavy atom. The van der Waals surface area contributed by atoms with Gasteiger partial charge in [0.05, 0.1) is 12.8 Å². The highest BCUT2D eigenvalue weighted by Gasteiger charge is 2.16. The average molecular weight is 217 g/mol. The summed E-state index contributed by atoms with van der Waals surface area (Å²) >= 11 is 0. The van der Waals surface area contributed by atoms with Crippen molar-refractivity contribution in [3.8, 4) is 11.4 Å². The molecule has 0 saturated carbocycles. The monoisotopic (exact) mass is 217 g/mol. The van der Waals surface area contributed by atoms with Crippen LogP contribution in [0.3, 0.4) is 0 Å². The van der Waals surface area contributed by atoms with Crippen LogP contribution in [-0.2, 0) is 0 Å². The van der Waals surface area contributed by atoms with Gasteiger partial charge in [0.1, 0.15) is 11.3 Å². The number of nitrogens with zero attached hydrogens (tertiary/aromatic N) is 1. The Balaban J connectivity index is 2.65. The molecular weight excluding hydrogens is 206 g/mol. The number of carboxylic acids is 1. The zero-order chi connectivity index (χ0) is 11.5. The number of aromatic carboxylic acids is 1. The van der Waals surface area contributed by atoms with Crippen LogP contribution in [0.1, 0.15) is 10.4 Å². The molecular formula is C12H11NO3. The van der Waals surface area contributed by atoms with Gasteiger partial charge in [0, 0.05) is 12.4 Å². The van der Waals surface area contributed by atoms with Gasteiger partial charge in [-0.15, -0.1) is 0 Å². The molecule has 0 aliphatic carbocycles. The number of aromatic nitrogens is 1. The standard InChI is InChI=1S/C12H11NO3/c1-16-10-6-4-5-9(11(10)12(14)15)13-7-2-3-8-13/h2-8H,1H3,(H,14,15). The van der Waals surface area contributed by atoms with Crippen molar-refractivity contribution in [2.45, 2.75) is 0 Å². The lowest BCUT2D eigenvalue weighted by Crippen LogP contribution is -2.06. The third-order valence-corrected chi connectivity index (χ3v) is 2.32. The molecule has 0 radical (unpaired) electrons. The molecule has 82 valence electrons. The Labute approximate surface area is 92.7 Å². The summed E-state index contributed by atoms with van der Waals surface area (Å²) < 4.78 is 6.79. The molecule has 2 rings (SSSR count). The van der Waals surface area contributed by atoms with Gasteiger partial charge in [-0.05, 0) is 24.3 Å². The van der Waals surface area contributed by atoms with Crippen molar-refractivity contribution in [2.24, 2.45) is 0 Å². The molecule has 1 N–H and O–H groups in total. The molecule has 0 aliphatic heterocycles. The van der Waals surface area contributed by atoms with Crippen molar-refractivity contribution < 1.29 is 14.6 Å². The molecule has 0 unspecified atom stereocenters. The second kappa shape index (κ2) is 4.10. The average Bonchev–Trinajstić information content (AvgIpc) is 2.81. The molecule has 16 heavy (non-hydrogen) atoms. The fourth-order valence-corrected chi connectivity index (χ4v) is 1.61. The molecule has 0 amide bonds. The lowest BCUT2D eigenvalue weighted by Gasteiger charge is -2.11. The van der Waals surface area contributed by atoms with E-state index in [4.69, 9.17) is 4.74 Å². The Bertz CT molecular complexity index is 503. The minimum atomic E-state index is -0.999.